The van der Waals surface area contributed by atoms with Crippen LogP contribution in [0.4, 0.5) is 0 Å². The Bertz CT molecular complexity index is 979. The molecular formula is C23H27N3O2. The Morgan fingerprint density at radius 2 is 2.11 bits per heavy atom. The number of piperidine rings is 1. The van der Waals surface area contributed by atoms with Gasteiger partial charge in [-0.3, -0.25) is 4.79 Å². The molecule has 5 heteroatoms. The van der Waals surface area contributed by atoms with Crippen LogP contribution in [0.2, 0.25) is 0 Å². The predicted octanol–water partition coefficient (Wildman–Crippen LogP) is 4.21. The number of fused-ring (bicyclic) bond motifs is 1. The zero-order chi connectivity index (χ0) is 19.5. The minimum atomic E-state index is 0.128. The van der Waals surface area contributed by atoms with Gasteiger partial charge in [0, 0.05) is 25.2 Å². The van der Waals surface area contributed by atoms with E-state index >= 15 is 0 Å². The fraction of sp³-hybridized carbons (Fsp3) is 0.391. The molecular weight excluding hydrogens is 350 g/mol. The lowest BCUT2D eigenvalue weighted by atomic mass is 9.95. The smallest absolute Gasteiger partial charge is 0.254 e. The Morgan fingerprint density at radius 3 is 2.96 bits per heavy atom. The van der Waals surface area contributed by atoms with E-state index in [4.69, 9.17) is 4.74 Å². The van der Waals surface area contributed by atoms with E-state index in [0.717, 1.165) is 54.6 Å². The van der Waals surface area contributed by atoms with Crippen LogP contribution >= 0.6 is 0 Å². The van der Waals surface area contributed by atoms with Crippen molar-refractivity contribution in [2.45, 2.75) is 38.1 Å². The van der Waals surface area contributed by atoms with E-state index in [-0.39, 0.29) is 11.9 Å². The molecule has 1 aliphatic rings. The summed E-state index contributed by atoms with van der Waals surface area (Å²) in [7, 11) is 3.66. The monoisotopic (exact) mass is 377 g/mol. The lowest BCUT2D eigenvalue weighted by Crippen LogP contribution is -2.44. The first-order chi connectivity index (χ1) is 13.7. The first kappa shape index (κ1) is 18.5. The molecule has 28 heavy (non-hydrogen) atoms. The quantitative estimate of drug-likeness (QED) is 0.669. The van der Waals surface area contributed by atoms with Crippen molar-refractivity contribution in [2.24, 2.45) is 7.05 Å². The summed E-state index contributed by atoms with van der Waals surface area (Å²) >= 11 is 0. The van der Waals surface area contributed by atoms with Crippen LogP contribution in [-0.2, 0) is 13.5 Å². The summed E-state index contributed by atoms with van der Waals surface area (Å²) in [5.74, 6) is 1.01. The van der Waals surface area contributed by atoms with Crippen LogP contribution in [0.1, 0.15) is 41.6 Å². The molecule has 0 saturated carbocycles. The summed E-state index contributed by atoms with van der Waals surface area (Å²) in [5.41, 5.74) is 3.91. The highest BCUT2D eigenvalue weighted by Gasteiger charge is 2.27. The molecule has 0 spiro atoms. The lowest BCUT2D eigenvalue weighted by molar-refractivity contribution is 0.0602. The van der Waals surface area contributed by atoms with Gasteiger partial charge in [-0.25, -0.2) is 4.98 Å². The van der Waals surface area contributed by atoms with Crippen LogP contribution in [-0.4, -0.2) is 40.1 Å². The van der Waals surface area contributed by atoms with Gasteiger partial charge in [0.1, 0.15) is 5.75 Å². The number of carbonyl (C=O) groups is 1. The van der Waals surface area contributed by atoms with Crippen molar-refractivity contribution in [3.8, 4) is 5.75 Å². The molecule has 0 bridgehead atoms. The summed E-state index contributed by atoms with van der Waals surface area (Å²) in [5, 5.41) is 0. The number of likely N-dealkylation sites (tertiary alicyclic amines) is 1. The van der Waals surface area contributed by atoms with E-state index in [1.165, 1.54) is 12.0 Å². The summed E-state index contributed by atoms with van der Waals surface area (Å²) in [6.07, 6.45) is 7.05. The van der Waals surface area contributed by atoms with Gasteiger partial charge in [0.25, 0.3) is 5.91 Å². The Morgan fingerprint density at radius 1 is 1.21 bits per heavy atom. The van der Waals surface area contributed by atoms with Gasteiger partial charge in [-0.05, 0) is 68.0 Å². The third-order valence-corrected chi connectivity index (χ3v) is 5.76. The maximum Gasteiger partial charge on any atom is 0.254 e. The van der Waals surface area contributed by atoms with Crippen LogP contribution in [0.5, 0.6) is 5.75 Å². The second-order valence-corrected chi connectivity index (χ2v) is 7.60. The first-order valence-corrected chi connectivity index (χ1v) is 10.0. The molecule has 1 fully saturated rings. The minimum Gasteiger partial charge on any atom is -0.497 e. The van der Waals surface area contributed by atoms with Gasteiger partial charge in [-0.2, -0.15) is 0 Å². The normalized spacial score (nSPS) is 17.1. The van der Waals surface area contributed by atoms with Crippen molar-refractivity contribution < 1.29 is 9.53 Å². The number of rotatable bonds is 5. The topological polar surface area (TPSA) is 47.4 Å². The second kappa shape index (κ2) is 8.05. The molecule has 1 aromatic heterocycles. The van der Waals surface area contributed by atoms with Crippen LogP contribution in [0.15, 0.2) is 48.8 Å². The van der Waals surface area contributed by atoms with Crippen molar-refractivity contribution >= 4 is 16.9 Å². The fourth-order valence-electron chi connectivity index (χ4n) is 4.16. The first-order valence-electron chi connectivity index (χ1n) is 10.0. The SMILES string of the molecule is COc1cccc(CC[C@@H]2CCCCN2C(=O)c2ccc3c(c2)ncn3C)c1. The van der Waals surface area contributed by atoms with E-state index in [9.17, 15) is 4.79 Å². The number of benzene rings is 2. The Balaban J connectivity index is 1.49. The molecule has 1 saturated heterocycles. The largest absolute Gasteiger partial charge is 0.497 e. The van der Waals surface area contributed by atoms with Gasteiger partial charge in [0.2, 0.25) is 0 Å². The van der Waals surface area contributed by atoms with Crippen molar-refractivity contribution in [3.63, 3.8) is 0 Å². The van der Waals surface area contributed by atoms with E-state index in [1.807, 2.05) is 41.9 Å². The zero-order valence-electron chi connectivity index (χ0n) is 16.6. The number of carbonyl (C=O) groups excluding carboxylic acids is 1. The number of methoxy groups -OCH3 is 1. The van der Waals surface area contributed by atoms with Crippen LogP contribution in [0.3, 0.4) is 0 Å². The highest BCUT2D eigenvalue weighted by molar-refractivity contribution is 5.97. The number of aryl methyl sites for hydroxylation is 2. The zero-order valence-corrected chi connectivity index (χ0v) is 16.6. The Labute approximate surface area is 165 Å². The highest BCUT2D eigenvalue weighted by Crippen LogP contribution is 2.25. The molecule has 1 amide bonds. The molecule has 5 nitrogen and oxygen atoms in total. The van der Waals surface area contributed by atoms with Crippen molar-refractivity contribution in [1.29, 1.82) is 0 Å². The maximum atomic E-state index is 13.2. The van der Waals surface area contributed by atoms with Gasteiger partial charge in [0.15, 0.2) is 0 Å². The molecule has 3 aromatic rings. The molecule has 1 atom stereocenters. The van der Waals surface area contributed by atoms with E-state index in [1.54, 1.807) is 13.4 Å². The van der Waals surface area contributed by atoms with E-state index in [2.05, 4.69) is 22.0 Å². The summed E-state index contributed by atoms with van der Waals surface area (Å²) < 4.78 is 7.30. The van der Waals surface area contributed by atoms with Gasteiger partial charge in [0.05, 0.1) is 24.5 Å². The number of hydrogen-bond donors (Lipinski definition) is 0. The average molecular weight is 377 g/mol. The van der Waals surface area contributed by atoms with Crippen LogP contribution in [0, 0.1) is 0 Å². The summed E-state index contributed by atoms with van der Waals surface area (Å²) in [6.45, 7) is 0.835. The highest BCUT2D eigenvalue weighted by atomic mass is 16.5. The summed E-state index contributed by atoms with van der Waals surface area (Å²) in [4.78, 5) is 19.7. The van der Waals surface area contributed by atoms with Crippen LogP contribution in [0.25, 0.3) is 11.0 Å². The molecule has 0 aliphatic carbocycles. The van der Waals surface area contributed by atoms with Gasteiger partial charge < -0.3 is 14.2 Å². The molecule has 0 unspecified atom stereocenters. The number of nitrogens with zero attached hydrogens (tertiary/aromatic N) is 3. The molecule has 2 heterocycles. The molecule has 2 aromatic carbocycles. The van der Waals surface area contributed by atoms with Gasteiger partial charge in [-0.15, -0.1) is 0 Å². The van der Waals surface area contributed by atoms with Gasteiger partial charge >= 0.3 is 0 Å². The van der Waals surface area contributed by atoms with Crippen molar-refractivity contribution in [1.82, 2.24) is 14.5 Å². The average Bonchev–Trinajstić information content (AvgIpc) is 3.12. The number of aromatic nitrogens is 2. The second-order valence-electron chi connectivity index (χ2n) is 7.60. The van der Waals surface area contributed by atoms with Gasteiger partial charge in [-0.1, -0.05) is 12.1 Å². The summed E-state index contributed by atoms with van der Waals surface area (Å²) in [6, 6.07) is 14.3. The predicted molar refractivity (Wildman–Crippen MR) is 111 cm³/mol. The van der Waals surface area contributed by atoms with Crippen molar-refractivity contribution in [3.05, 3.63) is 59.9 Å². The number of ether oxygens (including phenoxy) is 1. The third-order valence-electron chi connectivity index (χ3n) is 5.76. The molecule has 0 radical (unpaired) electrons. The molecule has 146 valence electrons. The molecule has 4 rings (SSSR count). The molecule has 0 N–H and O–H groups in total. The van der Waals surface area contributed by atoms with Crippen molar-refractivity contribution in [2.75, 3.05) is 13.7 Å². The standard InChI is InChI=1S/C23H27N3O2/c1-25-16-24-21-15-18(10-12-22(21)25)23(27)26-13-4-3-7-19(26)11-9-17-6-5-8-20(14-17)28-2/h5-6,8,10,12,14-16,19H,3-4,7,9,11,13H2,1-2H3/t19-/m0/s1. The number of amides is 1. The van der Waals surface area contributed by atoms with Crippen LogP contribution < -0.4 is 4.74 Å². The maximum absolute atomic E-state index is 13.2. The van der Waals surface area contributed by atoms with E-state index in [0.29, 0.717) is 0 Å². The van der Waals surface area contributed by atoms with E-state index < -0.39 is 0 Å². The Kier molecular flexibility index (Phi) is 5.33. The lowest BCUT2D eigenvalue weighted by Gasteiger charge is -2.36. The molecule has 1 aliphatic heterocycles. The Hall–Kier alpha value is -2.82. The number of imidazole rings is 1. The number of hydrogen-bond acceptors (Lipinski definition) is 3. The fourth-order valence-corrected chi connectivity index (χ4v) is 4.16. The third kappa shape index (κ3) is 3.75. The minimum absolute atomic E-state index is 0.128.